The minimum atomic E-state index is -0.588. The molecule has 8 heteroatoms. The van der Waals surface area contributed by atoms with E-state index < -0.39 is 5.91 Å². The van der Waals surface area contributed by atoms with Crippen LogP contribution in [0.15, 0.2) is 39.9 Å². The first-order valence-electron chi connectivity index (χ1n) is 7.02. The van der Waals surface area contributed by atoms with Gasteiger partial charge in [0.15, 0.2) is 11.7 Å². The normalized spacial score (nSPS) is 11.3. The van der Waals surface area contributed by atoms with Gasteiger partial charge in [0.05, 0.1) is 6.54 Å². The number of nitrogens with zero attached hydrogens (tertiary/aromatic N) is 2. The highest BCUT2D eigenvalue weighted by atomic mass is 35.5. The SMILES string of the molecule is CN=C(NCCc1ccc(Cl)nc1)NCc1ccc(C(N)=O)o1. The van der Waals surface area contributed by atoms with Gasteiger partial charge in [0.1, 0.15) is 10.9 Å². The number of nitrogens with two attached hydrogens (primary N) is 1. The van der Waals surface area contributed by atoms with Crippen molar-refractivity contribution >= 4 is 23.5 Å². The molecule has 4 N–H and O–H groups in total. The number of guanidine groups is 1. The lowest BCUT2D eigenvalue weighted by Crippen LogP contribution is -2.37. The molecule has 2 aromatic heterocycles. The summed E-state index contributed by atoms with van der Waals surface area (Å²) in [5.41, 5.74) is 6.22. The quantitative estimate of drug-likeness (QED) is 0.419. The van der Waals surface area contributed by atoms with Gasteiger partial charge in [0, 0.05) is 19.8 Å². The number of hydrogen-bond donors (Lipinski definition) is 3. The average Bonchev–Trinajstić information content (AvgIpc) is 3.01. The summed E-state index contributed by atoms with van der Waals surface area (Å²) in [4.78, 5) is 19.1. The first-order chi connectivity index (χ1) is 11.1. The number of pyridine rings is 1. The van der Waals surface area contributed by atoms with Crippen molar-refractivity contribution in [2.24, 2.45) is 10.7 Å². The van der Waals surface area contributed by atoms with Gasteiger partial charge in [0.2, 0.25) is 0 Å². The molecule has 0 atom stereocenters. The molecule has 2 rings (SSSR count). The zero-order chi connectivity index (χ0) is 16.7. The Bertz CT molecular complexity index is 681. The third kappa shape index (κ3) is 5.30. The Kier molecular flexibility index (Phi) is 5.99. The topological polar surface area (TPSA) is 106 Å². The number of aromatic nitrogens is 1. The number of nitrogens with one attached hydrogen (secondary N) is 2. The third-order valence-corrected chi connectivity index (χ3v) is 3.28. The molecular weight excluding hydrogens is 318 g/mol. The lowest BCUT2D eigenvalue weighted by molar-refractivity contribution is 0.0972. The predicted molar refractivity (Wildman–Crippen MR) is 88.4 cm³/mol. The number of hydrogen-bond acceptors (Lipinski definition) is 4. The molecule has 0 aliphatic rings. The smallest absolute Gasteiger partial charge is 0.284 e. The molecule has 1 amide bonds. The van der Waals surface area contributed by atoms with E-state index in [9.17, 15) is 4.79 Å². The van der Waals surface area contributed by atoms with Gasteiger partial charge in [-0.1, -0.05) is 17.7 Å². The summed E-state index contributed by atoms with van der Waals surface area (Å²) in [7, 11) is 1.68. The number of furan rings is 1. The molecule has 0 saturated heterocycles. The van der Waals surface area contributed by atoms with Crippen molar-refractivity contribution in [1.82, 2.24) is 15.6 Å². The molecule has 2 aromatic rings. The molecule has 2 heterocycles. The summed E-state index contributed by atoms with van der Waals surface area (Å²) >= 11 is 5.75. The lowest BCUT2D eigenvalue weighted by Gasteiger charge is -2.10. The zero-order valence-corrected chi connectivity index (χ0v) is 13.4. The first-order valence-corrected chi connectivity index (χ1v) is 7.39. The fourth-order valence-corrected chi connectivity index (χ4v) is 1.99. The second kappa shape index (κ2) is 8.19. The van der Waals surface area contributed by atoms with E-state index in [2.05, 4.69) is 20.6 Å². The molecule has 23 heavy (non-hydrogen) atoms. The van der Waals surface area contributed by atoms with Gasteiger partial charge >= 0.3 is 0 Å². The molecule has 0 saturated carbocycles. The van der Waals surface area contributed by atoms with Crippen molar-refractivity contribution in [3.05, 3.63) is 52.7 Å². The Morgan fingerprint density at radius 1 is 1.35 bits per heavy atom. The lowest BCUT2D eigenvalue weighted by atomic mass is 10.2. The van der Waals surface area contributed by atoms with Gasteiger partial charge in [0.25, 0.3) is 5.91 Å². The Labute approximate surface area is 138 Å². The van der Waals surface area contributed by atoms with Crippen molar-refractivity contribution in [3.8, 4) is 0 Å². The monoisotopic (exact) mass is 335 g/mol. The number of amides is 1. The fraction of sp³-hybridized carbons (Fsp3) is 0.267. The van der Waals surface area contributed by atoms with Gasteiger partial charge in [-0.15, -0.1) is 0 Å². The van der Waals surface area contributed by atoms with E-state index >= 15 is 0 Å². The largest absolute Gasteiger partial charge is 0.454 e. The van der Waals surface area contributed by atoms with Crippen LogP contribution >= 0.6 is 11.6 Å². The van der Waals surface area contributed by atoms with Crippen LogP contribution in [0.3, 0.4) is 0 Å². The Balaban J connectivity index is 1.76. The second-order valence-electron chi connectivity index (χ2n) is 4.72. The molecular formula is C15H18ClN5O2. The van der Waals surface area contributed by atoms with Crippen molar-refractivity contribution < 1.29 is 9.21 Å². The summed E-state index contributed by atoms with van der Waals surface area (Å²) in [5.74, 6) is 0.780. The van der Waals surface area contributed by atoms with Crippen molar-refractivity contribution in [1.29, 1.82) is 0 Å². The van der Waals surface area contributed by atoms with Gasteiger partial charge < -0.3 is 20.8 Å². The second-order valence-corrected chi connectivity index (χ2v) is 5.11. The maximum absolute atomic E-state index is 11.0. The van der Waals surface area contributed by atoms with Crippen molar-refractivity contribution in [3.63, 3.8) is 0 Å². The van der Waals surface area contributed by atoms with Crippen LogP contribution in [0, 0.1) is 0 Å². The van der Waals surface area contributed by atoms with Crippen molar-refractivity contribution in [2.75, 3.05) is 13.6 Å². The molecule has 0 fully saturated rings. The molecule has 7 nitrogen and oxygen atoms in total. The average molecular weight is 336 g/mol. The van der Waals surface area contributed by atoms with E-state index in [0.29, 0.717) is 30.0 Å². The van der Waals surface area contributed by atoms with E-state index in [1.54, 1.807) is 31.4 Å². The van der Waals surface area contributed by atoms with Gasteiger partial charge in [-0.05, 0) is 30.2 Å². The molecule has 0 radical (unpaired) electrons. The number of aliphatic imine (C=N–C) groups is 1. The van der Waals surface area contributed by atoms with Gasteiger partial charge in [-0.3, -0.25) is 9.79 Å². The van der Waals surface area contributed by atoms with Crippen LogP contribution in [-0.2, 0) is 13.0 Å². The van der Waals surface area contributed by atoms with Crippen LogP contribution in [0.2, 0.25) is 5.15 Å². The summed E-state index contributed by atoms with van der Waals surface area (Å²) in [5, 5.41) is 6.75. The number of carbonyl (C=O) groups excluding carboxylic acids is 1. The standard InChI is InChI=1S/C15H18ClN5O2/c1-18-15(19-7-6-10-2-5-13(16)20-8-10)21-9-11-3-4-12(23-11)14(17)22/h2-5,8H,6-7,9H2,1H3,(H2,17,22)(H2,18,19,21). The van der Waals surface area contributed by atoms with Crippen LogP contribution in [-0.4, -0.2) is 30.4 Å². The van der Waals surface area contributed by atoms with Crippen LogP contribution in [0.25, 0.3) is 0 Å². The summed E-state index contributed by atoms with van der Waals surface area (Å²) in [6, 6.07) is 6.93. The summed E-state index contributed by atoms with van der Waals surface area (Å²) < 4.78 is 5.28. The highest BCUT2D eigenvalue weighted by Crippen LogP contribution is 2.07. The third-order valence-electron chi connectivity index (χ3n) is 3.05. The Hall–Kier alpha value is -2.54. The van der Waals surface area contributed by atoms with Gasteiger partial charge in [-0.25, -0.2) is 4.98 Å². The molecule has 0 bridgehead atoms. The van der Waals surface area contributed by atoms with E-state index in [-0.39, 0.29) is 5.76 Å². The molecule has 0 aliphatic carbocycles. The maximum atomic E-state index is 11.0. The predicted octanol–water partition coefficient (Wildman–Crippen LogP) is 1.33. The fourth-order valence-electron chi connectivity index (χ4n) is 1.88. The molecule has 0 aromatic carbocycles. The summed E-state index contributed by atoms with van der Waals surface area (Å²) in [6.45, 7) is 1.09. The summed E-state index contributed by atoms with van der Waals surface area (Å²) in [6.07, 6.45) is 2.53. The van der Waals surface area contributed by atoms with Crippen LogP contribution in [0.5, 0.6) is 0 Å². The van der Waals surface area contributed by atoms with E-state index in [1.165, 1.54) is 0 Å². The van der Waals surface area contributed by atoms with Crippen LogP contribution in [0.1, 0.15) is 21.9 Å². The van der Waals surface area contributed by atoms with E-state index in [4.69, 9.17) is 21.8 Å². The number of carbonyl (C=O) groups is 1. The van der Waals surface area contributed by atoms with Gasteiger partial charge in [-0.2, -0.15) is 0 Å². The minimum Gasteiger partial charge on any atom is -0.454 e. The van der Waals surface area contributed by atoms with Crippen LogP contribution in [0.4, 0.5) is 0 Å². The Morgan fingerprint density at radius 3 is 2.78 bits per heavy atom. The van der Waals surface area contributed by atoms with E-state index in [0.717, 1.165) is 12.0 Å². The first kappa shape index (κ1) is 16.8. The highest BCUT2D eigenvalue weighted by molar-refractivity contribution is 6.29. The molecule has 0 aliphatic heterocycles. The highest BCUT2D eigenvalue weighted by Gasteiger charge is 2.07. The van der Waals surface area contributed by atoms with Crippen molar-refractivity contribution in [2.45, 2.75) is 13.0 Å². The molecule has 0 unspecified atom stereocenters. The van der Waals surface area contributed by atoms with E-state index in [1.807, 2.05) is 6.07 Å². The molecule has 0 spiro atoms. The molecule has 122 valence electrons. The number of rotatable bonds is 6. The maximum Gasteiger partial charge on any atom is 0.284 e. The number of primary amides is 1. The zero-order valence-electron chi connectivity index (χ0n) is 12.7. The van der Waals surface area contributed by atoms with Crippen LogP contribution < -0.4 is 16.4 Å². The minimum absolute atomic E-state index is 0.139. The number of halogens is 1. The Morgan fingerprint density at radius 2 is 2.17 bits per heavy atom.